The van der Waals surface area contributed by atoms with Crippen molar-refractivity contribution in [3.63, 3.8) is 0 Å². The molecule has 2 N–H and O–H groups in total. The Morgan fingerprint density at radius 3 is 2.71 bits per heavy atom. The zero-order valence-electron chi connectivity index (χ0n) is 16.3. The molecular weight excluding hydrogens is 354 g/mol. The van der Waals surface area contributed by atoms with Gasteiger partial charge in [-0.2, -0.15) is 0 Å². The summed E-state index contributed by atoms with van der Waals surface area (Å²) in [7, 11) is 2.17. The number of hydrogen-bond acceptors (Lipinski definition) is 6. The van der Waals surface area contributed by atoms with Crippen LogP contribution in [-0.2, 0) is 6.54 Å². The molecule has 2 aromatic carbocycles. The average Bonchev–Trinajstić information content (AvgIpc) is 3.32. The number of ether oxygens (including phenoxy) is 3. The zero-order chi connectivity index (χ0) is 19.1. The van der Waals surface area contributed by atoms with Gasteiger partial charge in [0.25, 0.3) is 0 Å². The molecular formula is C22H27N3O3. The van der Waals surface area contributed by atoms with Gasteiger partial charge in [-0.3, -0.25) is 0 Å². The van der Waals surface area contributed by atoms with Gasteiger partial charge in [-0.15, -0.1) is 0 Å². The zero-order valence-corrected chi connectivity index (χ0v) is 16.3. The van der Waals surface area contributed by atoms with Crippen LogP contribution in [0.2, 0.25) is 0 Å². The van der Waals surface area contributed by atoms with Gasteiger partial charge in [0.2, 0.25) is 6.79 Å². The second-order valence-electron chi connectivity index (χ2n) is 7.90. The third-order valence-electron chi connectivity index (χ3n) is 6.07. The lowest BCUT2D eigenvalue weighted by Crippen LogP contribution is -2.35. The molecule has 0 saturated carbocycles. The Morgan fingerprint density at radius 1 is 1.07 bits per heavy atom. The van der Waals surface area contributed by atoms with Gasteiger partial charge in [0, 0.05) is 37.9 Å². The standard InChI is InChI=1S/C22H27N3O3/c1-24-8-6-17(7-9-24)28-18-4-2-15-13-25(20(12-23)19(15)11-18)16-3-5-21-22(10-16)27-14-26-21/h2-5,10-11,17,20H,6-9,12-14,23H2,1H3. The van der Waals surface area contributed by atoms with E-state index in [1.807, 2.05) is 12.1 Å². The lowest BCUT2D eigenvalue weighted by atomic mass is 10.0. The van der Waals surface area contributed by atoms with Gasteiger partial charge in [-0.05, 0) is 55.3 Å². The van der Waals surface area contributed by atoms with E-state index in [4.69, 9.17) is 19.9 Å². The molecule has 0 aliphatic carbocycles. The molecule has 5 rings (SSSR count). The van der Waals surface area contributed by atoms with Crippen LogP contribution in [0.25, 0.3) is 0 Å². The van der Waals surface area contributed by atoms with Crippen LogP contribution in [-0.4, -0.2) is 44.5 Å². The fourth-order valence-electron chi connectivity index (χ4n) is 4.45. The molecule has 6 nitrogen and oxygen atoms in total. The highest BCUT2D eigenvalue weighted by Crippen LogP contribution is 2.42. The molecule has 3 heterocycles. The summed E-state index contributed by atoms with van der Waals surface area (Å²) < 4.78 is 17.3. The normalized spacial score (nSPS) is 21.8. The van der Waals surface area contributed by atoms with E-state index in [0.717, 1.165) is 55.4 Å². The largest absolute Gasteiger partial charge is 0.490 e. The Labute approximate surface area is 165 Å². The van der Waals surface area contributed by atoms with E-state index < -0.39 is 0 Å². The van der Waals surface area contributed by atoms with Crippen molar-refractivity contribution >= 4 is 5.69 Å². The van der Waals surface area contributed by atoms with E-state index in [1.165, 1.54) is 11.1 Å². The SMILES string of the molecule is CN1CCC(Oc2ccc3c(c2)C(CN)N(c2ccc4c(c2)OCO4)C3)CC1. The summed E-state index contributed by atoms with van der Waals surface area (Å²) in [6.45, 7) is 3.87. The topological polar surface area (TPSA) is 60.2 Å². The highest BCUT2D eigenvalue weighted by atomic mass is 16.7. The first-order valence-corrected chi connectivity index (χ1v) is 10.1. The van der Waals surface area contributed by atoms with E-state index in [9.17, 15) is 0 Å². The molecule has 6 heteroatoms. The number of rotatable bonds is 4. The summed E-state index contributed by atoms with van der Waals surface area (Å²) in [5.74, 6) is 2.56. The predicted molar refractivity (Wildman–Crippen MR) is 108 cm³/mol. The van der Waals surface area contributed by atoms with Gasteiger partial charge in [-0.1, -0.05) is 6.07 Å². The number of anilines is 1. The molecule has 0 radical (unpaired) electrons. The number of nitrogens with two attached hydrogens (primary N) is 1. The Balaban J connectivity index is 1.37. The molecule has 0 spiro atoms. The Morgan fingerprint density at radius 2 is 1.89 bits per heavy atom. The van der Waals surface area contributed by atoms with Crippen molar-refractivity contribution in [1.82, 2.24) is 4.90 Å². The van der Waals surface area contributed by atoms with Crippen LogP contribution >= 0.6 is 0 Å². The quantitative estimate of drug-likeness (QED) is 0.879. The Kier molecular flexibility index (Phi) is 4.53. The van der Waals surface area contributed by atoms with Crippen molar-refractivity contribution in [2.45, 2.75) is 31.5 Å². The minimum atomic E-state index is 0.136. The summed E-state index contributed by atoms with van der Waals surface area (Å²) in [6.07, 6.45) is 2.46. The van der Waals surface area contributed by atoms with Crippen molar-refractivity contribution < 1.29 is 14.2 Å². The number of piperidine rings is 1. The fourth-order valence-corrected chi connectivity index (χ4v) is 4.45. The lowest BCUT2D eigenvalue weighted by Gasteiger charge is -2.29. The second-order valence-corrected chi connectivity index (χ2v) is 7.90. The molecule has 148 valence electrons. The van der Waals surface area contributed by atoms with Gasteiger partial charge in [-0.25, -0.2) is 0 Å². The van der Waals surface area contributed by atoms with Crippen LogP contribution in [0.4, 0.5) is 5.69 Å². The fraction of sp³-hybridized carbons (Fsp3) is 0.455. The monoisotopic (exact) mass is 381 g/mol. The van der Waals surface area contributed by atoms with Gasteiger partial charge in [0.15, 0.2) is 11.5 Å². The predicted octanol–water partition coefficient (Wildman–Crippen LogP) is 2.91. The number of benzene rings is 2. The van der Waals surface area contributed by atoms with Crippen LogP contribution in [0.5, 0.6) is 17.2 Å². The van der Waals surface area contributed by atoms with Crippen molar-refractivity contribution in [3.8, 4) is 17.2 Å². The highest BCUT2D eigenvalue weighted by Gasteiger charge is 2.31. The molecule has 1 unspecified atom stereocenters. The molecule has 1 atom stereocenters. The number of likely N-dealkylation sites (tertiary alicyclic amines) is 1. The average molecular weight is 381 g/mol. The van der Waals surface area contributed by atoms with Crippen LogP contribution in [0.15, 0.2) is 36.4 Å². The number of fused-ring (bicyclic) bond motifs is 2. The third-order valence-corrected chi connectivity index (χ3v) is 6.07. The third kappa shape index (κ3) is 3.16. The van der Waals surface area contributed by atoms with E-state index in [1.54, 1.807) is 0 Å². The summed E-state index contributed by atoms with van der Waals surface area (Å²) >= 11 is 0. The first-order chi connectivity index (χ1) is 13.7. The van der Waals surface area contributed by atoms with Crippen molar-refractivity contribution in [3.05, 3.63) is 47.5 Å². The van der Waals surface area contributed by atoms with Crippen LogP contribution in [0.1, 0.15) is 30.0 Å². The summed E-state index contributed by atoms with van der Waals surface area (Å²) in [6, 6.07) is 12.7. The van der Waals surface area contributed by atoms with Crippen LogP contribution in [0, 0.1) is 0 Å². The van der Waals surface area contributed by atoms with E-state index in [2.05, 4.69) is 41.1 Å². The molecule has 2 aromatic rings. The number of nitrogens with zero attached hydrogens (tertiary/aromatic N) is 2. The van der Waals surface area contributed by atoms with E-state index in [0.29, 0.717) is 12.6 Å². The lowest BCUT2D eigenvalue weighted by molar-refractivity contribution is 0.114. The molecule has 28 heavy (non-hydrogen) atoms. The molecule has 3 aliphatic rings. The maximum absolute atomic E-state index is 6.30. The molecule has 0 aromatic heterocycles. The maximum Gasteiger partial charge on any atom is 0.231 e. The van der Waals surface area contributed by atoms with Gasteiger partial charge in [0.1, 0.15) is 11.9 Å². The molecule has 1 fully saturated rings. The van der Waals surface area contributed by atoms with Crippen LogP contribution in [0.3, 0.4) is 0 Å². The first-order valence-electron chi connectivity index (χ1n) is 10.1. The van der Waals surface area contributed by atoms with Gasteiger partial charge in [0.05, 0.1) is 6.04 Å². The van der Waals surface area contributed by atoms with Crippen molar-refractivity contribution in [1.29, 1.82) is 0 Å². The maximum atomic E-state index is 6.30. The van der Waals surface area contributed by atoms with E-state index >= 15 is 0 Å². The summed E-state index contributed by atoms with van der Waals surface area (Å²) in [5.41, 5.74) is 9.88. The second kappa shape index (κ2) is 7.18. The summed E-state index contributed by atoms with van der Waals surface area (Å²) in [5, 5.41) is 0. The van der Waals surface area contributed by atoms with E-state index in [-0.39, 0.29) is 12.8 Å². The molecule has 0 bridgehead atoms. The van der Waals surface area contributed by atoms with Crippen molar-refractivity contribution in [2.75, 3.05) is 38.4 Å². The first kappa shape index (κ1) is 17.6. The Bertz CT molecular complexity index is 864. The summed E-state index contributed by atoms with van der Waals surface area (Å²) in [4.78, 5) is 4.70. The molecule has 3 aliphatic heterocycles. The Hall–Kier alpha value is -2.44. The van der Waals surface area contributed by atoms with Gasteiger partial charge >= 0.3 is 0 Å². The molecule has 1 saturated heterocycles. The highest BCUT2D eigenvalue weighted by molar-refractivity contribution is 5.61. The minimum absolute atomic E-state index is 0.136. The minimum Gasteiger partial charge on any atom is -0.490 e. The van der Waals surface area contributed by atoms with Crippen molar-refractivity contribution in [2.24, 2.45) is 5.73 Å². The smallest absolute Gasteiger partial charge is 0.231 e. The number of hydrogen-bond donors (Lipinski definition) is 1. The van der Waals surface area contributed by atoms with Crippen LogP contribution < -0.4 is 24.8 Å². The molecule has 0 amide bonds. The van der Waals surface area contributed by atoms with Gasteiger partial charge < -0.3 is 29.7 Å².